The van der Waals surface area contributed by atoms with Gasteiger partial charge in [0.1, 0.15) is 22.6 Å². The summed E-state index contributed by atoms with van der Waals surface area (Å²) in [5.74, 6) is 0.845. The SMILES string of the molecule is Cc1ccc(-c2ccc(/C=C(\C#N)C(N)=S)o2)cc1[N+](=O)[O-]. The van der Waals surface area contributed by atoms with Crippen LogP contribution in [-0.2, 0) is 0 Å². The molecule has 0 bridgehead atoms. The fourth-order valence-corrected chi connectivity index (χ4v) is 1.95. The molecule has 6 nitrogen and oxygen atoms in total. The van der Waals surface area contributed by atoms with Crippen LogP contribution in [0.15, 0.2) is 40.3 Å². The molecule has 1 heterocycles. The van der Waals surface area contributed by atoms with Gasteiger partial charge in [0.15, 0.2) is 0 Å². The number of nitrogens with two attached hydrogens (primary N) is 1. The third-order valence-corrected chi connectivity index (χ3v) is 3.21. The summed E-state index contributed by atoms with van der Waals surface area (Å²) in [5.41, 5.74) is 6.70. The zero-order valence-electron chi connectivity index (χ0n) is 11.6. The molecule has 110 valence electrons. The van der Waals surface area contributed by atoms with Gasteiger partial charge < -0.3 is 10.2 Å². The maximum Gasteiger partial charge on any atom is 0.273 e. The highest BCUT2D eigenvalue weighted by atomic mass is 32.1. The minimum absolute atomic E-state index is 0.0202. The predicted octanol–water partition coefficient (Wildman–Crippen LogP) is 3.36. The highest BCUT2D eigenvalue weighted by Crippen LogP contribution is 2.28. The van der Waals surface area contributed by atoms with Crippen molar-refractivity contribution in [1.29, 1.82) is 5.26 Å². The van der Waals surface area contributed by atoms with Crippen LogP contribution in [0.3, 0.4) is 0 Å². The van der Waals surface area contributed by atoms with Crippen LogP contribution in [0.5, 0.6) is 0 Å². The number of nitro benzene ring substituents is 1. The van der Waals surface area contributed by atoms with Crippen molar-refractivity contribution in [3.63, 3.8) is 0 Å². The van der Waals surface area contributed by atoms with Crippen LogP contribution in [0.25, 0.3) is 17.4 Å². The van der Waals surface area contributed by atoms with E-state index in [1.54, 1.807) is 31.2 Å². The maximum absolute atomic E-state index is 11.0. The number of thiocarbonyl (C=S) groups is 1. The Morgan fingerprint density at radius 1 is 1.45 bits per heavy atom. The van der Waals surface area contributed by atoms with E-state index in [9.17, 15) is 10.1 Å². The van der Waals surface area contributed by atoms with Gasteiger partial charge in [-0.2, -0.15) is 5.26 Å². The standard InChI is InChI=1S/C15H11N3O3S/c1-9-2-3-10(7-13(9)18(19)20)14-5-4-12(21-14)6-11(8-16)15(17)22/h2-7H,1H3,(H2,17,22)/b11-6+. The van der Waals surface area contributed by atoms with Crippen molar-refractivity contribution in [2.45, 2.75) is 6.92 Å². The van der Waals surface area contributed by atoms with Crippen molar-refractivity contribution in [2.75, 3.05) is 0 Å². The average Bonchev–Trinajstić information content (AvgIpc) is 2.93. The molecule has 0 spiro atoms. The van der Waals surface area contributed by atoms with Crippen molar-refractivity contribution < 1.29 is 9.34 Å². The Morgan fingerprint density at radius 3 is 2.77 bits per heavy atom. The van der Waals surface area contributed by atoms with Gasteiger partial charge in [-0.1, -0.05) is 24.4 Å². The normalized spacial score (nSPS) is 11.0. The number of nitro groups is 1. The van der Waals surface area contributed by atoms with E-state index in [1.807, 2.05) is 6.07 Å². The smallest absolute Gasteiger partial charge is 0.273 e. The molecule has 0 radical (unpaired) electrons. The molecule has 2 aromatic rings. The molecular formula is C15H11N3O3S. The summed E-state index contributed by atoms with van der Waals surface area (Å²) in [6.45, 7) is 1.67. The summed E-state index contributed by atoms with van der Waals surface area (Å²) in [7, 11) is 0. The second kappa shape index (κ2) is 6.20. The molecule has 0 aliphatic rings. The Labute approximate surface area is 131 Å². The van der Waals surface area contributed by atoms with E-state index >= 15 is 0 Å². The number of nitrogens with zero attached hydrogens (tertiary/aromatic N) is 2. The molecule has 0 aliphatic carbocycles. The van der Waals surface area contributed by atoms with Crippen LogP contribution in [0.1, 0.15) is 11.3 Å². The summed E-state index contributed by atoms with van der Waals surface area (Å²) < 4.78 is 5.56. The summed E-state index contributed by atoms with van der Waals surface area (Å²) in [5, 5.41) is 19.9. The third kappa shape index (κ3) is 3.19. The Hall–Kier alpha value is -2.98. The van der Waals surface area contributed by atoms with Crippen LogP contribution in [-0.4, -0.2) is 9.91 Å². The first-order valence-corrected chi connectivity index (χ1v) is 6.60. The van der Waals surface area contributed by atoms with E-state index in [4.69, 9.17) is 27.6 Å². The maximum atomic E-state index is 11.0. The Kier molecular flexibility index (Phi) is 4.34. The van der Waals surface area contributed by atoms with Crippen molar-refractivity contribution >= 4 is 29.0 Å². The predicted molar refractivity (Wildman–Crippen MR) is 85.9 cm³/mol. The molecule has 0 fully saturated rings. The second-order valence-corrected chi connectivity index (χ2v) is 4.93. The van der Waals surface area contributed by atoms with Crippen molar-refractivity contribution in [2.24, 2.45) is 5.73 Å². The molecule has 0 atom stereocenters. The Balaban J connectivity index is 2.41. The van der Waals surface area contributed by atoms with Gasteiger partial charge in [-0.25, -0.2) is 0 Å². The lowest BCUT2D eigenvalue weighted by Crippen LogP contribution is -2.09. The lowest BCUT2D eigenvalue weighted by Gasteiger charge is -2.00. The summed E-state index contributed by atoms with van der Waals surface area (Å²) >= 11 is 4.75. The van der Waals surface area contributed by atoms with Gasteiger partial charge in [-0.3, -0.25) is 10.1 Å². The molecule has 1 aromatic carbocycles. The van der Waals surface area contributed by atoms with E-state index < -0.39 is 4.92 Å². The number of benzene rings is 1. The highest BCUT2D eigenvalue weighted by Gasteiger charge is 2.13. The number of nitriles is 1. The van der Waals surface area contributed by atoms with Crippen molar-refractivity contribution in [3.05, 3.63) is 57.3 Å². The van der Waals surface area contributed by atoms with Crippen LogP contribution < -0.4 is 5.73 Å². The lowest BCUT2D eigenvalue weighted by molar-refractivity contribution is -0.385. The number of aryl methyl sites for hydroxylation is 1. The fraction of sp³-hybridized carbons (Fsp3) is 0.0667. The van der Waals surface area contributed by atoms with Gasteiger partial charge >= 0.3 is 0 Å². The topological polar surface area (TPSA) is 106 Å². The first-order valence-electron chi connectivity index (χ1n) is 6.19. The van der Waals surface area contributed by atoms with E-state index in [2.05, 4.69) is 0 Å². The molecule has 7 heteroatoms. The van der Waals surface area contributed by atoms with Crippen LogP contribution >= 0.6 is 12.2 Å². The summed E-state index contributed by atoms with van der Waals surface area (Å²) in [6, 6.07) is 10.0. The molecule has 22 heavy (non-hydrogen) atoms. The van der Waals surface area contributed by atoms with Crippen LogP contribution in [0, 0.1) is 28.4 Å². The zero-order chi connectivity index (χ0) is 16.3. The average molecular weight is 313 g/mol. The number of rotatable bonds is 4. The minimum atomic E-state index is -0.441. The molecule has 2 rings (SSSR count). The Morgan fingerprint density at radius 2 is 2.18 bits per heavy atom. The van der Waals surface area contributed by atoms with E-state index in [1.165, 1.54) is 12.1 Å². The Bertz CT molecular complexity index is 831. The number of hydrogen-bond acceptors (Lipinski definition) is 5. The van der Waals surface area contributed by atoms with Crippen LogP contribution in [0.2, 0.25) is 0 Å². The minimum Gasteiger partial charge on any atom is -0.457 e. The molecular weight excluding hydrogens is 302 g/mol. The molecule has 0 unspecified atom stereocenters. The van der Waals surface area contributed by atoms with Gasteiger partial charge in [0, 0.05) is 23.3 Å². The second-order valence-electron chi connectivity index (χ2n) is 4.49. The van der Waals surface area contributed by atoms with Crippen molar-refractivity contribution in [1.82, 2.24) is 0 Å². The molecule has 0 aliphatic heterocycles. The third-order valence-electron chi connectivity index (χ3n) is 2.99. The van der Waals surface area contributed by atoms with Gasteiger partial charge in [0.25, 0.3) is 5.69 Å². The number of furan rings is 1. The largest absolute Gasteiger partial charge is 0.457 e. The van der Waals surface area contributed by atoms with Gasteiger partial charge in [-0.15, -0.1) is 0 Å². The molecule has 2 N–H and O–H groups in total. The molecule has 0 saturated heterocycles. The molecule has 0 amide bonds. The molecule has 0 saturated carbocycles. The molecule has 1 aromatic heterocycles. The van der Waals surface area contributed by atoms with Crippen molar-refractivity contribution in [3.8, 4) is 17.4 Å². The van der Waals surface area contributed by atoms with Gasteiger partial charge in [-0.05, 0) is 19.1 Å². The summed E-state index contributed by atoms with van der Waals surface area (Å²) in [6.07, 6.45) is 1.43. The fourth-order valence-electron chi connectivity index (χ4n) is 1.85. The quantitative estimate of drug-likeness (QED) is 0.305. The van der Waals surface area contributed by atoms with E-state index in [-0.39, 0.29) is 16.2 Å². The summed E-state index contributed by atoms with van der Waals surface area (Å²) in [4.78, 5) is 10.5. The van der Waals surface area contributed by atoms with E-state index in [0.29, 0.717) is 22.6 Å². The number of hydrogen-bond donors (Lipinski definition) is 1. The van der Waals surface area contributed by atoms with Gasteiger partial charge in [0.05, 0.1) is 10.5 Å². The van der Waals surface area contributed by atoms with E-state index in [0.717, 1.165) is 0 Å². The van der Waals surface area contributed by atoms with Gasteiger partial charge in [0.2, 0.25) is 0 Å². The zero-order valence-corrected chi connectivity index (χ0v) is 12.4. The first kappa shape index (κ1) is 15.4. The monoisotopic (exact) mass is 313 g/mol. The van der Waals surface area contributed by atoms with Crippen LogP contribution in [0.4, 0.5) is 5.69 Å². The first-order chi connectivity index (χ1) is 10.4. The highest BCUT2D eigenvalue weighted by molar-refractivity contribution is 7.80. The lowest BCUT2D eigenvalue weighted by atomic mass is 10.1.